The molecule has 0 radical (unpaired) electrons. The van der Waals surface area contributed by atoms with Crippen molar-refractivity contribution in [2.45, 2.75) is 56.4 Å². The SMILES string of the molecule is CCC(=O)N=C1S[C@@H]2CS(=O)(=O)C[C@H]2N1[C@@H]1C[C@@H]2CC[C@@H]1C2. The first-order valence-electron chi connectivity index (χ1n) is 8.24. The molecule has 4 rings (SSSR count). The lowest BCUT2D eigenvalue weighted by molar-refractivity contribution is -0.117. The van der Waals surface area contributed by atoms with Gasteiger partial charge in [0.2, 0.25) is 5.91 Å². The van der Waals surface area contributed by atoms with Gasteiger partial charge in [-0.25, -0.2) is 8.42 Å². The summed E-state index contributed by atoms with van der Waals surface area (Å²) in [5.74, 6) is 1.82. The van der Waals surface area contributed by atoms with E-state index in [4.69, 9.17) is 0 Å². The number of hydrogen-bond acceptors (Lipinski definition) is 4. The molecule has 22 heavy (non-hydrogen) atoms. The third kappa shape index (κ3) is 2.40. The highest BCUT2D eigenvalue weighted by molar-refractivity contribution is 8.15. The normalized spacial score (nSPS) is 44.0. The third-order valence-corrected chi connectivity index (χ3v) is 8.91. The number of aliphatic imine (C=N–C) groups is 1. The van der Waals surface area contributed by atoms with Gasteiger partial charge in [0.05, 0.1) is 17.5 Å². The predicted octanol–water partition coefficient (Wildman–Crippen LogP) is 1.68. The van der Waals surface area contributed by atoms with Crippen molar-refractivity contribution in [3.05, 3.63) is 0 Å². The van der Waals surface area contributed by atoms with Gasteiger partial charge in [0.25, 0.3) is 0 Å². The average Bonchev–Trinajstić information content (AvgIpc) is 3.17. The summed E-state index contributed by atoms with van der Waals surface area (Å²) in [5, 5.41) is 0.863. The van der Waals surface area contributed by atoms with Crippen LogP contribution in [0.2, 0.25) is 0 Å². The standard InChI is InChI=1S/C15H22N2O3S2/c1-2-14(18)16-15-17(11-6-9-3-4-10(11)5-9)12-7-22(19,20)8-13(12)21-15/h9-13H,2-8H2,1H3/t9-,10-,11-,12-,13-/m1/s1. The summed E-state index contributed by atoms with van der Waals surface area (Å²) < 4.78 is 24.0. The second-order valence-electron chi connectivity index (χ2n) is 7.09. The van der Waals surface area contributed by atoms with Crippen molar-refractivity contribution in [2.75, 3.05) is 11.5 Å². The molecule has 4 fully saturated rings. The number of amidine groups is 1. The summed E-state index contributed by atoms with van der Waals surface area (Å²) in [6, 6.07) is 0.431. The smallest absolute Gasteiger partial charge is 0.247 e. The van der Waals surface area contributed by atoms with Crippen LogP contribution in [-0.4, -0.2) is 53.2 Å². The molecule has 2 saturated carbocycles. The Labute approximate surface area is 135 Å². The molecule has 4 aliphatic rings. The molecule has 2 bridgehead atoms. The Morgan fingerprint density at radius 2 is 2.09 bits per heavy atom. The van der Waals surface area contributed by atoms with E-state index in [0.717, 1.165) is 17.5 Å². The average molecular weight is 342 g/mol. The number of nitrogens with zero attached hydrogens (tertiary/aromatic N) is 2. The number of rotatable bonds is 2. The van der Waals surface area contributed by atoms with Gasteiger partial charge < -0.3 is 4.90 Å². The highest BCUT2D eigenvalue weighted by Gasteiger charge is 2.54. The first-order chi connectivity index (χ1) is 10.5. The van der Waals surface area contributed by atoms with Crippen LogP contribution in [0.15, 0.2) is 4.99 Å². The van der Waals surface area contributed by atoms with Crippen molar-refractivity contribution < 1.29 is 13.2 Å². The zero-order valence-corrected chi connectivity index (χ0v) is 14.4. The molecule has 122 valence electrons. The molecule has 0 aromatic rings. The van der Waals surface area contributed by atoms with E-state index >= 15 is 0 Å². The Hall–Kier alpha value is -0.560. The molecular weight excluding hydrogens is 320 g/mol. The molecule has 0 N–H and O–H groups in total. The van der Waals surface area contributed by atoms with Gasteiger partial charge in [0, 0.05) is 17.7 Å². The van der Waals surface area contributed by atoms with Crippen molar-refractivity contribution in [3.63, 3.8) is 0 Å². The van der Waals surface area contributed by atoms with Gasteiger partial charge in [-0.05, 0) is 31.1 Å². The van der Waals surface area contributed by atoms with Crippen LogP contribution in [0, 0.1) is 11.8 Å². The molecule has 5 nitrogen and oxygen atoms in total. The summed E-state index contributed by atoms with van der Waals surface area (Å²) in [7, 11) is -2.94. The van der Waals surface area contributed by atoms with Gasteiger partial charge in [-0.15, -0.1) is 0 Å². The molecule has 2 aliphatic heterocycles. The van der Waals surface area contributed by atoms with Gasteiger partial charge in [0.1, 0.15) is 0 Å². The molecular formula is C15H22N2O3S2. The Kier molecular flexibility index (Phi) is 3.56. The Bertz CT molecular complexity index is 631. The van der Waals surface area contributed by atoms with Crippen LogP contribution in [0.25, 0.3) is 0 Å². The van der Waals surface area contributed by atoms with Gasteiger partial charge in [0.15, 0.2) is 15.0 Å². The number of sulfone groups is 1. The molecule has 0 spiro atoms. The Morgan fingerprint density at radius 1 is 1.27 bits per heavy atom. The summed E-state index contributed by atoms with van der Waals surface area (Å²) in [4.78, 5) is 18.3. The largest absolute Gasteiger partial charge is 0.343 e. The van der Waals surface area contributed by atoms with Crippen LogP contribution in [0.3, 0.4) is 0 Å². The minimum absolute atomic E-state index is 0.0303. The number of hydrogen-bond donors (Lipinski definition) is 0. The van der Waals surface area contributed by atoms with Crippen molar-refractivity contribution in [1.29, 1.82) is 0 Å². The summed E-state index contributed by atoms with van der Waals surface area (Å²) in [6.07, 6.45) is 5.38. The summed E-state index contributed by atoms with van der Waals surface area (Å²) in [6.45, 7) is 1.82. The number of fused-ring (bicyclic) bond motifs is 3. The van der Waals surface area contributed by atoms with Crippen molar-refractivity contribution in [3.8, 4) is 0 Å². The fraction of sp³-hybridized carbons (Fsp3) is 0.867. The van der Waals surface area contributed by atoms with Crippen molar-refractivity contribution in [1.82, 2.24) is 4.90 Å². The second kappa shape index (κ2) is 5.23. The Balaban J connectivity index is 1.66. The zero-order valence-electron chi connectivity index (χ0n) is 12.8. The van der Waals surface area contributed by atoms with Crippen molar-refractivity contribution in [2.24, 2.45) is 16.8 Å². The van der Waals surface area contributed by atoms with Gasteiger partial charge in [-0.2, -0.15) is 4.99 Å². The van der Waals surface area contributed by atoms with Crippen LogP contribution < -0.4 is 0 Å². The number of thioether (sulfide) groups is 1. The fourth-order valence-electron chi connectivity index (χ4n) is 4.72. The van der Waals surface area contributed by atoms with Crippen LogP contribution in [0.5, 0.6) is 0 Å². The molecule has 2 heterocycles. The minimum Gasteiger partial charge on any atom is -0.343 e. The van der Waals surface area contributed by atoms with E-state index in [-0.39, 0.29) is 28.7 Å². The van der Waals surface area contributed by atoms with E-state index in [9.17, 15) is 13.2 Å². The lowest BCUT2D eigenvalue weighted by Gasteiger charge is -2.36. The monoisotopic (exact) mass is 342 g/mol. The van der Waals surface area contributed by atoms with Crippen LogP contribution in [0.1, 0.15) is 39.0 Å². The number of carbonyl (C=O) groups excluding carboxylic acids is 1. The van der Waals surface area contributed by atoms with Gasteiger partial charge in [-0.1, -0.05) is 25.1 Å². The first-order valence-corrected chi connectivity index (χ1v) is 10.9. The van der Waals surface area contributed by atoms with E-state index in [1.54, 1.807) is 0 Å². The number of carbonyl (C=O) groups is 1. The minimum atomic E-state index is -2.94. The molecule has 7 heteroatoms. The van der Waals surface area contributed by atoms with Gasteiger partial charge >= 0.3 is 0 Å². The van der Waals surface area contributed by atoms with E-state index < -0.39 is 9.84 Å². The quantitative estimate of drug-likeness (QED) is 0.764. The maximum Gasteiger partial charge on any atom is 0.247 e. The fourth-order valence-corrected chi connectivity index (χ4v) is 8.71. The van der Waals surface area contributed by atoms with E-state index in [1.165, 1.54) is 31.0 Å². The molecule has 0 unspecified atom stereocenters. The molecule has 0 aromatic heterocycles. The molecule has 2 aliphatic carbocycles. The maximum atomic E-state index is 12.0. The van der Waals surface area contributed by atoms with Crippen LogP contribution in [-0.2, 0) is 14.6 Å². The first kappa shape index (κ1) is 15.0. The van der Waals surface area contributed by atoms with E-state index in [2.05, 4.69) is 9.89 Å². The van der Waals surface area contributed by atoms with Crippen LogP contribution in [0.4, 0.5) is 0 Å². The van der Waals surface area contributed by atoms with Gasteiger partial charge in [-0.3, -0.25) is 4.79 Å². The summed E-state index contributed by atoms with van der Waals surface area (Å²) >= 11 is 1.53. The van der Waals surface area contributed by atoms with Crippen molar-refractivity contribution >= 4 is 32.7 Å². The molecule has 5 atom stereocenters. The predicted molar refractivity (Wildman–Crippen MR) is 87.6 cm³/mol. The lowest BCUT2D eigenvalue weighted by Crippen LogP contribution is -2.47. The van der Waals surface area contributed by atoms with Crippen LogP contribution >= 0.6 is 11.8 Å². The molecule has 2 saturated heterocycles. The summed E-state index contributed by atoms with van der Waals surface area (Å²) in [5.41, 5.74) is 0. The third-order valence-electron chi connectivity index (χ3n) is 5.69. The zero-order chi connectivity index (χ0) is 15.5. The highest BCUT2D eigenvalue weighted by atomic mass is 32.2. The number of amides is 1. The molecule has 1 amide bonds. The molecule has 0 aromatic carbocycles. The highest BCUT2D eigenvalue weighted by Crippen LogP contribution is 2.51. The van der Waals surface area contributed by atoms with E-state index in [0.29, 0.717) is 18.4 Å². The lowest BCUT2D eigenvalue weighted by atomic mass is 9.93. The topological polar surface area (TPSA) is 66.8 Å². The Morgan fingerprint density at radius 3 is 2.73 bits per heavy atom. The second-order valence-corrected chi connectivity index (χ2v) is 10.5. The maximum absolute atomic E-state index is 12.0. The van der Waals surface area contributed by atoms with E-state index in [1.807, 2.05) is 6.92 Å².